The van der Waals surface area contributed by atoms with Gasteiger partial charge in [-0.25, -0.2) is 0 Å². The monoisotopic (exact) mass is 200 g/mol. The highest BCUT2D eigenvalue weighted by Crippen LogP contribution is 2.11. The summed E-state index contributed by atoms with van der Waals surface area (Å²) in [5.41, 5.74) is 1.53. The van der Waals surface area contributed by atoms with Gasteiger partial charge in [-0.05, 0) is 29.9 Å². The summed E-state index contributed by atoms with van der Waals surface area (Å²) in [6.45, 7) is 2.26. The second-order valence-electron chi connectivity index (χ2n) is 3.12. The van der Waals surface area contributed by atoms with Crippen LogP contribution in [0, 0.1) is 0 Å². The summed E-state index contributed by atoms with van der Waals surface area (Å²) in [5, 5.41) is 2.18. The molecule has 1 heterocycles. The van der Waals surface area contributed by atoms with Crippen molar-refractivity contribution in [2.75, 3.05) is 0 Å². The first kappa shape index (κ1) is 10.2. The van der Waals surface area contributed by atoms with Crippen molar-refractivity contribution in [3.05, 3.63) is 17.0 Å². The van der Waals surface area contributed by atoms with Crippen LogP contribution in [0.3, 0.4) is 0 Å². The van der Waals surface area contributed by atoms with Crippen molar-refractivity contribution in [1.82, 2.24) is 0 Å². The molecule has 12 heavy (non-hydrogen) atoms. The third-order valence-electron chi connectivity index (χ3n) is 2.08. The quantitative estimate of drug-likeness (QED) is 0.505. The van der Waals surface area contributed by atoms with Gasteiger partial charge in [-0.2, -0.15) is 0 Å². The lowest BCUT2D eigenvalue weighted by Gasteiger charge is -1.98. The van der Waals surface area contributed by atoms with E-state index in [0.717, 1.165) is 0 Å². The van der Waals surface area contributed by atoms with E-state index in [1.807, 2.05) is 11.3 Å². The average molecular weight is 200 g/mol. The third-order valence-corrected chi connectivity index (χ3v) is 3.65. The zero-order valence-corrected chi connectivity index (χ0v) is 9.65. The maximum absolute atomic E-state index is 2.81. The predicted molar refractivity (Wildman–Crippen MR) is 61.5 cm³/mol. The molecule has 0 aromatic carbocycles. The molecule has 0 radical (unpaired) electrons. The van der Waals surface area contributed by atoms with Gasteiger partial charge < -0.3 is 0 Å². The highest BCUT2D eigenvalue weighted by Gasteiger charge is 1.98. The van der Waals surface area contributed by atoms with Crippen molar-refractivity contribution >= 4 is 25.2 Å². The lowest BCUT2D eigenvalue weighted by atomic mass is 10.1. The fourth-order valence-electron chi connectivity index (χ4n) is 1.30. The van der Waals surface area contributed by atoms with Crippen molar-refractivity contribution in [3.8, 4) is 0 Å². The molecular weight excluding hydrogens is 183 g/mol. The molecule has 0 spiro atoms. The van der Waals surface area contributed by atoms with Gasteiger partial charge in [-0.15, -0.1) is 11.3 Å². The molecule has 0 fully saturated rings. The van der Waals surface area contributed by atoms with Gasteiger partial charge in [-0.1, -0.05) is 35.4 Å². The van der Waals surface area contributed by atoms with Crippen molar-refractivity contribution in [1.29, 1.82) is 0 Å². The van der Waals surface area contributed by atoms with Gasteiger partial charge in [0.15, 0.2) is 0 Å². The van der Waals surface area contributed by atoms with Gasteiger partial charge >= 0.3 is 0 Å². The van der Waals surface area contributed by atoms with E-state index in [0.29, 0.717) is 0 Å². The fourth-order valence-corrected chi connectivity index (χ4v) is 2.47. The molecule has 0 N–H and O–H groups in total. The van der Waals surface area contributed by atoms with Crippen LogP contribution < -0.4 is 4.62 Å². The molecule has 1 unspecified atom stereocenters. The summed E-state index contributed by atoms with van der Waals surface area (Å²) in [7, 11) is 2.81. The Hall–Kier alpha value is 0.130. The van der Waals surface area contributed by atoms with Crippen molar-refractivity contribution in [3.63, 3.8) is 0 Å². The first-order valence-corrected chi connectivity index (χ1v) is 6.12. The third kappa shape index (κ3) is 3.25. The Morgan fingerprint density at radius 1 is 1.33 bits per heavy atom. The second-order valence-corrected chi connectivity index (χ2v) is 5.06. The molecule has 1 atom stereocenters. The van der Waals surface area contributed by atoms with Gasteiger partial charge in [0.1, 0.15) is 0 Å². The standard InChI is InChI=1S/C10H17PS/c1-2-3-4-5-6-9-7-8-12-10(9)11/h7-8H,2-6,11H2,1H3. The minimum atomic E-state index is 1.27. The molecule has 1 rings (SSSR count). The van der Waals surface area contributed by atoms with Gasteiger partial charge in [0.05, 0.1) is 0 Å². The molecule has 1 aromatic rings. The maximum Gasteiger partial charge on any atom is 0.0248 e. The number of aryl methyl sites for hydroxylation is 1. The Bertz CT molecular complexity index is 217. The number of hydrogen-bond acceptors (Lipinski definition) is 1. The summed E-state index contributed by atoms with van der Waals surface area (Å²) >= 11 is 1.83. The predicted octanol–water partition coefficient (Wildman–Crippen LogP) is 3.37. The highest BCUT2D eigenvalue weighted by molar-refractivity contribution is 7.43. The van der Waals surface area contributed by atoms with Crippen LogP contribution in [0.1, 0.15) is 38.2 Å². The highest BCUT2D eigenvalue weighted by atomic mass is 32.1. The number of hydrogen-bond donors (Lipinski definition) is 0. The van der Waals surface area contributed by atoms with Crippen molar-refractivity contribution < 1.29 is 0 Å². The average Bonchev–Trinajstić information content (AvgIpc) is 2.46. The van der Waals surface area contributed by atoms with Gasteiger partial charge in [0.2, 0.25) is 0 Å². The molecular formula is C10H17PS. The normalized spacial score (nSPS) is 10.5. The summed E-state index contributed by atoms with van der Waals surface area (Å²) in [6, 6.07) is 2.25. The SMILES string of the molecule is CCCCCCc1ccsc1P. The van der Waals surface area contributed by atoms with Gasteiger partial charge in [-0.3, -0.25) is 0 Å². The Kier molecular flexibility index (Phi) is 4.87. The van der Waals surface area contributed by atoms with E-state index in [9.17, 15) is 0 Å². The molecule has 0 amide bonds. The van der Waals surface area contributed by atoms with Crippen molar-refractivity contribution in [2.45, 2.75) is 39.0 Å². The largest absolute Gasteiger partial charge is 0.144 e. The van der Waals surface area contributed by atoms with Crippen LogP contribution in [0.4, 0.5) is 0 Å². The Labute approximate surface area is 81.6 Å². The minimum Gasteiger partial charge on any atom is -0.144 e. The first-order valence-electron chi connectivity index (χ1n) is 4.66. The van der Waals surface area contributed by atoms with E-state index in [-0.39, 0.29) is 0 Å². The molecule has 0 nitrogen and oxygen atoms in total. The molecule has 0 saturated heterocycles. The van der Waals surface area contributed by atoms with Gasteiger partial charge in [0, 0.05) is 4.62 Å². The molecule has 0 aliphatic rings. The number of thiophene rings is 1. The zero-order chi connectivity index (χ0) is 8.81. The smallest absolute Gasteiger partial charge is 0.0248 e. The van der Waals surface area contributed by atoms with Crippen LogP contribution in [0.25, 0.3) is 0 Å². The summed E-state index contributed by atoms with van der Waals surface area (Å²) in [4.78, 5) is 0. The van der Waals surface area contributed by atoms with E-state index < -0.39 is 0 Å². The summed E-state index contributed by atoms with van der Waals surface area (Å²) in [6.07, 6.45) is 6.72. The zero-order valence-electron chi connectivity index (χ0n) is 7.68. The van der Waals surface area contributed by atoms with Gasteiger partial charge in [0.25, 0.3) is 0 Å². The van der Waals surface area contributed by atoms with Crippen LogP contribution >= 0.6 is 20.6 Å². The lowest BCUT2D eigenvalue weighted by molar-refractivity contribution is 0.668. The molecule has 2 heteroatoms. The first-order chi connectivity index (χ1) is 5.84. The van der Waals surface area contributed by atoms with Crippen LogP contribution in [0.15, 0.2) is 11.4 Å². The topological polar surface area (TPSA) is 0 Å². The van der Waals surface area contributed by atoms with E-state index in [1.54, 1.807) is 0 Å². The second kappa shape index (κ2) is 5.72. The molecule has 68 valence electrons. The van der Waals surface area contributed by atoms with Crippen molar-refractivity contribution in [2.24, 2.45) is 0 Å². The van der Waals surface area contributed by atoms with E-state index in [4.69, 9.17) is 0 Å². The lowest BCUT2D eigenvalue weighted by Crippen LogP contribution is -1.93. The Morgan fingerprint density at radius 3 is 2.75 bits per heavy atom. The van der Waals surface area contributed by atoms with E-state index in [1.165, 1.54) is 42.3 Å². The Balaban J connectivity index is 2.20. The number of unbranched alkanes of at least 4 members (excludes halogenated alkanes) is 3. The Morgan fingerprint density at radius 2 is 2.17 bits per heavy atom. The molecule has 0 saturated carbocycles. The van der Waals surface area contributed by atoms with Crippen LogP contribution in [-0.2, 0) is 6.42 Å². The van der Waals surface area contributed by atoms with Crippen LogP contribution in [0.2, 0.25) is 0 Å². The number of rotatable bonds is 5. The molecule has 0 aliphatic carbocycles. The van der Waals surface area contributed by atoms with E-state index in [2.05, 4.69) is 27.6 Å². The summed E-state index contributed by atoms with van der Waals surface area (Å²) < 4.78 is 1.42. The maximum atomic E-state index is 2.81. The van der Waals surface area contributed by atoms with Crippen LogP contribution in [0.5, 0.6) is 0 Å². The minimum absolute atomic E-state index is 1.27. The molecule has 0 bridgehead atoms. The summed E-state index contributed by atoms with van der Waals surface area (Å²) in [5.74, 6) is 0. The molecule has 0 aliphatic heterocycles. The molecule has 1 aromatic heterocycles. The fraction of sp³-hybridized carbons (Fsp3) is 0.600. The van der Waals surface area contributed by atoms with Crippen LogP contribution in [-0.4, -0.2) is 0 Å². The van der Waals surface area contributed by atoms with E-state index >= 15 is 0 Å².